The van der Waals surface area contributed by atoms with Crippen molar-refractivity contribution in [2.45, 2.75) is 6.42 Å². The summed E-state index contributed by atoms with van der Waals surface area (Å²) in [6.45, 7) is 5.54. The number of rotatable bonds is 9. The predicted molar refractivity (Wildman–Crippen MR) is 109 cm³/mol. The highest BCUT2D eigenvalue weighted by molar-refractivity contribution is 5.94. The maximum Gasteiger partial charge on any atom is 0.251 e. The lowest BCUT2D eigenvalue weighted by Crippen LogP contribution is -2.41. The number of morpholine rings is 1. The van der Waals surface area contributed by atoms with Crippen molar-refractivity contribution in [3.8, 4) is 5.75 Å². The minimum Gasteiger partial charge on any atom is -0.496 e. The Hall–Kier alpha value is -2.64. The van der Waals surface area contributed by atoms with E-state index < -0.39 is 0 Å². The molecule has 2 heterocycles. The fourth-order valence-corrected chi connectivity index (χ4v) is 3.16. The number of pyridine rings is 1. The summed E-state index contributed by atoms with van der Waals surface area (Å²) in [5, 5.41) is 6.26. The highest BCUT2D eigenvalue weighted by atomic mass is 16.5. The van der Waals surface area contributed by atoms with E-state index in [4.69, 9.17) is 9.47 Å². The molecule has 1 aromatic heterocycles. The van der Waals surface area contributed by atoms with Crippen LogP contribution in [0.4, 0.5) is 5.82 Å². The molecule has 0 bridgehead atoms. The van der Waals surface area contributed by atoms with Crippen LogP contribution in [0.3, 0.4) is 0 Å². The first-order valence-electron chi connectivity index (χ1n) is 9.66. The van der Waals surface area contributed by atoms with Crippen LogP contribution in [0.1, 0.15) is 15.9 Å². The molecule has 1 amide bonds. The number of ether oxygens (including phenoxy) is 2. The summed E-state index contributed by atoms with van der Waals surface area (Å²) < 4.78 is 10.7. The second kappa shape index (κ2) is 10.6. The fourth-order valence-electron chi connectivity index (χ4n) is 3.16. The average molecular weight is 384 g/mol. The number of aromatic nitrogens is 1. The van der Waals surface area contributed by atoms with Crippen LogP contribution in [-0.2, 0) is 11.2 Å². The van der Waals surface area contributed by atoms with Crippen molar-refractivity contribution >= 4 is 11.7 Å². The van der Waals surface area contributed by atoms with Gasteiger partial charge in [-0.15, -0.1) is 0 Å². The number of benzene rings is 1. The second-order valence-electron chi connectivity index (χ2n) is 6.63. The molecule has 1 fully saturated rings. The van der Waals surface area contributed by atoms with Crippen molar-refractivity contribution in [2.75, 3.05) is 58.4 Å². The summed E-state index contributed by atoms with van der Waals surface area (Å²) in [5.74, 6) is 1.49. The van der Waals surface area contributed by atoms with Gasteiger partial charge in [0.2, 0.25) is 0 Å². The number of anilines is 1. The molecule has 1 aromatic carbocycles. The number of nitrogens with one attached hydrogen (secondary N) is 2. The van der Waals surface area contributed by atoms with Crippen molar-refractivity contribution in [2.24, 2.45) is 0 Å². The molecule has 0 saturated carbocycles. The highest BCUT2D eigenvalue weighted by Gasteiger charge is 2.11. The van der Waals surface area contributed by atoms with Gasteiger partial charge in [-0.25, -0.2) is 4.98 Å². The average Bonchev–Trinajstić information content (AvgIpc) is 2.75. The molecule has 0 radical (unpaired) electrons. The molecule has 0 aliphatic carbocycles. The zero-order chi connectivity index (χ0) is 19.6. The fraction of sp³-hybridized carbons (Fsp3) is 0.429. The molecule has 0 atom stereocenters. The number of carbonyl (C=O) groups is 1. The lowest BCUT2D eigenvalue weighted by atomic mass is 10.1. The Bertz CT molecular complexity index is 763. The third kappa shape index (κ3) is 5.94. The zero-order valence-electron chi connectivity index (χ0n) is 16.3. The Labute approximate surface area is 166 Å². The van der Waals surface area contributed by atoms with Gasteiger partial charge < -0.3 is 20.1 Å². The van der Waals surface area contributed by atoms with E-state index in [0.717, 1.165) is 50.6 Å². The second-order valence-corrected chi connectivity index (χ2v) is 6.63. The Kier molecular flexibility index (Phi) is 7.63. The third-order valence-electron chi connectivity index (χ3n) is 4.73. The zero-order valence-corrected chi connectivity index (χ0v) is 16.3. The monoisotopic (exact) mass is 384 g/mol. The van der Waals surface area contributed by atoms with Crippen LogP contribution in [0.25, 0.3) is 0 Å². The molecule has 1 saturated heterocycles. The van der Waals surface area contributed by atoms with Crippen LogP contribution >= 0.6 is 0 Å². The highest BCUT2D eigenvalue weighted by Crippen LogP contribution is 2.17. The number of hydrogen-bond donors (Lipinski definition) is 2. The van der Waals surface area contributed by atoms with E-state index in [0.29, 0.717) is 24.5 Å². The van der Waals surface area contributed by atoms with Crippen molar-refractivity contribution in [1.82, 2.24) is 15.2 Å². The molecule has 7 heteroatoms. The van der Waals surface area contributed by atoms with Crippen LogP contribution in [-0.4, -0.2) is 68.8 Å². The van der Waals surface area contributed by atoms with Gasteiger partial charge in [-0.2, -0.15) is 0 Å². The molecule has 2 N–H and O–H groups in total. The third-order valence-corrected chi connectivity index (χ3v) is 4.73. The predicted octanol–water partition coefficient (Wildman–Crippen LogP) is 1.81. The van der Waals surface area contributed by atoms with E-state index in [1.165, 1.54) is 0 Å². The van der Waals surface area contributed by atoms with E-state index >= 15 is 0 Å². The van der Waals surface area contributed by atoms with E-state index in [2.05, 4.69) is 20.5 Å². The molecule has 1 aliphatic rings. The van der Waals surface area contributed by atoms with Crippen LogP contribution in [0.2, 0.25) is 0 Å². The van der Waals surface area contributed by atoms with Gasteiger partial charge in [0, 0.05) is 44.5 Å². The number of hydrogen-bond acceptors (Lipinski definition) is 6. The Morgan fingerprint density at radius 3 is 2.86 bits per heavy atom. The SMILES string of the molecule is COc1ccccc1CCNc1cc(C(=O)NCCN2CCOCC2)ccn1. The van der Waals surface area contributed by atoms with Gasteiger partial charge in [0.25, 0.3) is 5.91 Å². The van der Waals surface area contributed by atoms with Crippen LogP contribution in [0.5, 0.6) is 5.75 Å². The van der Waals surface area contributed by atoms with E-state index in [9.17, 15) is 4.79 Å². The van der Waals surface area contributed by atoms with Crippen LogP contribution in [0.15, 0.2) is 42.6 Å². The van der Waals surface area contributed by atoms with E-state index in [1.54, 1.807) is 25.4 Å². The van der Waals surface area contributed by atoms with Gasteiger partial charge in [0.1, 0.15) is 11.6 Å². The minimum atomic E-state index is -0.0801. The number of carbonyl (C=O) groups excluding carboxylic acids is 1. The van der Waals surface area contributed by atoms with Crippen molar-refractivity contribution in [1.29, 1.82) is 0 Å². The molecule has 0 unspecified atom stereocenters. The summed E-state index contributed by atoms with van der Waals surface area (Å²) in [6.07, 6.45) is 2.46. The molecular formula is C21H28N4O3. The summed E-state index contributed by atoms with van der Waals surface area (Å²) in [6, 6.07) is 11.5. The maximum absolute atomic E-state index is 12.4. The smallest absolute Gasteiger partial charge is 0.251 e. The Morgan fingerprint density at radius 1 is 1.21 bits per heavy atom. The lowest BCUT2D eigenvalue weighted by Gasteiger charge is -2.26. The van der Waals surface area contributed by atoms with Crippen molar-refractivity contribution < 1.29 is 14.3 Å². The first-order valence-corrected chi connectivity index (χ1v) is 9.66. The molecular weight excluding hydrogens is 356 g/mol. The number of amides is 1. The normalized spacial score (nSPS) is 14.5. The standard InChI is InChI=1S/C21H28N4O3/c1-27-19-5-3-2-4-17(19)6-8-22-20-16-18(7-9-23-20)21(26)24-10-11-25-12-14-28-15-13-25/h2-5,7,9,16H,6,8,10-15H2,1H3,(H,22,23)(H,24,26). The van der Waals surface area contributed by atoms with Gasteiger partial charge in [-0.05, 0) is 30.2 Å². The quantitative estimate of drug-likeness (QED) is 0.687. The molecule has 3 rings (SSSR count). The lowest BCUT2D eigenvalue weighted by molar-refractivity contribution is 0.0383. The van der Waals surface area contributed by atoms with Gasteiger partial charge in [-0.3, -0.25) is 9.69 Å². The number of para-hydroxylation sites is 1. The minimum absolute atomic E-state index is 0.0801. The number of methoxy groups -OCH3 is 1. The van der Waals surface area contributed by atoms with Gasteiger partial charge in [0.05, 0.1) is 20.3 Å². The van der Waals surface area contributed by atoms with Gasteiger partial charge in [-0.1, -0.05) is 18.2 Å². The van der Waals surface area contributed by atoms with E-state index in [-0.39, 0.29) is 5.91 Å². The molecule has 1 aliphatic heterocycles. The first kappa shape index (κ1) is 20.1. The van der Waals surface area contributed by atoms with Crippen molar-refractivity contribution in [3.63, 3.8) is 0 Å². The molecule has 28 heavy (non-hydrogen) atoms. The molecule has 0 spiro atoms. The number of nitrogens with zero attached hydrogens (tertiary/aromatic N) is 2. The summed E-state index contributed by atoms with van der Waals surface area (Å²) in [7, 11) is 1.68. The summed E-state index contributed by atoms with van der Waals surface area (Å²) >= 11 is 0. The Balaban J connectivity index is 1.45. The first-order chi connectivity index (χ1) is 13.8. The van der Waals surface area contributed by atoms with Gasteiger partial charge >= 0.3 is 0 Å². The summed E-state index contributed by atoms with van der Waals surface area (Å²) in [4.78, 5) is 19.0. The summed E-state index contributed by atoms with van der Waals surface area (Å²) in [5.41, 5.74) is 1.74. The topological polar surface area (TPSA) is 75.7 Å². The molecule has 2 aromatic rings. The molecule has 150 valence electrons. The van der Waals surface area contributed by atoms with Crippen LogP contribution in [0, 0.1) is 0 Å². The van der Waals surface area contributed by atoms with Gasteiger partial charge in [0.15, 0.2) is 0 Å². The Morgan fingerprint density at radius 2 is 2.04 bits per heavy atom. The van der Waals surface area contributed by atoms with Crippen molar-refractivity contribution in [3.05, 3.63) is 53.7 Å². The maximum atomic E-state index is 12.4. The largest absolute Gasteiger partial charge is 0.496 e. The van der Waals surface area contributed by atoms with E-state index in [1.807, 2.05) is 24.3 Å². The van der Waals surface area contributed by atoms with Crippen LogP contribution < -0.4 is 15.4 Å². The molecule has 7 nitrogen and oxygen atoms in total.